The summed E-state index contributed by atoms with van der Waals surface area (Å²) in [4.78, 5) is 0. The van der Waals surface area contributed by atoms with E-state index in [1.54, 1.807) is 16.8 Å². The number of hydrogen-bond acceptors (Lipinski definition) is 5. The molecule has 0 fully saturated rings. The van der Waals surface area contributed by atoms with Crippen LogP contribution in [-0.2, 0) is 6.42 Å². The average molecular weight is 371 g/mol. The van der Waals surface area contributed by atoms with Crippen LogP contribution in [0, 0.1) is 4.77 Å². The SMILES string of the molecule is CCCc1n[nH]c(=S)n1/N=C/c1cc(Br)cc(OC)c1O. The second-order valence-corrected chi connectivity index (χ2v) is 5.60. The number of nitrogens with one attached hydrogen (secondary N) is 1. The Morgan fingerprint density at radius 2 is 2.33 bits per heavy atom. The average Bonchev–Trinajstić information content (AvgIpc) is 2.80. The van der Waals surface area contributed by atoms with E-state index in [1.807, 2.05) is 0 Å². The summed E-state index contributed by atoms with van der Waals surface area (Å²) in [6.45, 7) is 2.05. The number of aromatic nitrogens is 3. The molecule has 0 saturated carbocycles. The summed E-state index contributed by atoms with van der Waals surface area (Å²) in [6.07, 6.45) is 3.22. The molecule has 0 aliphatic carbocycles. The van der Waals surface area contributed by atoms with Gasteiger partial charge in [0.25, 0.3) is 0 Å². The number of aromatic hydroxyl groups is 1. The van der Waals surface area contributed by atoms with Crippen molar-refractivity contribution in [1.82, 2.24) is 14.9 Å². The molecule has 0 radical (unpaired) electrons. The minimum absolute atomic E-state index is 0.0245. The predicted octanol–water partition coefficient (Wildman–Crippen LogP) is 3.25. The smallest absolute Gasteiger partial charge is 0.216 e. The lowest BCUT2D eigenvalue weighted by Gasteiger charge is -2.06. The lowest BCUT2D eigenvalue weighted by atomic mass is 10.2. The number of aromatic amines is 1. The molecule has 0 amide bonds. The van der Waals surface area contributed by atoms with E-state index in [1.165, 1.54) is 13.3 Å². The number of benzene rings is 1. The summed E-state index contributed by atoms with van der Waals surface area (Å²) >= 11 is 8.51. The zero-order chi connectivity index (χ0) is 15.4. The van der Waals surface area contributed by atoms with E-state index in [0.717, 1.165) is 23.1 Å². The van der Waals surface area contributed by atoms with Gasteiger partial charge in [0.05, 0.1) is 13.3 Å². The van der Waals surface area contributed by atoms with Gasteiger partial charge in [-0.05, 0) is 30.8 Å². The Kier molecular flexibility index (Phi) is 5.13. The Bertz CT molecular complexity index is 723. The molecule has 112 valence electrons. The van der Waals surface area contributed by atoms with Crippen molar-refractivity contribution < 1.29 is 9.84 Å². The van der Waals surface area contributed by atoms with E-state index >= 15 is 0 Å². The van der Waals surface area contributed by atoms with Crippen molar-refractivity contribution >= 4 is 34.4 Å². The molecule has 0 spiro atoms. The molecular weight excluding hydrogens is 356 g/mol. The Hall–Kier alpha value is -1.67. The Morgan fingerprint density at radius 1 is 1.57 bits per heavy atom. The Balaban J connectivity index is 2.40. The summed E-state index contributed by atoms with van der Waals surface area (Å²) in [7, 11) is 1.49. The van der Waals surface area contributed by atoms with Gasteiger partial charge in [-0.3, -0.25) is 5.10 Å². The van der Waals surface area contributed by atoms with Gasteiger partial charge in [0.1, 0.15) is 0 Å². The van der Waals surface area contributed by atoms with Crippen LogP contribution in [0.3, 0.4) is 0 Å². The van der Waals surface area contributed by atoms with Crippen LogP contribution >= 0.6 is 28.1 Å². The summed E-state index contributed by atoms with van der Waals surface area (Å²) < 4.78 is 7.84. The molecule has 2 aromatic rings. The van der Waals surface area contributed by atoms with Gasteiger partial charge in [-0.2, -0.15) is 14.9 Å². The lowest BCUT2D eigenvalue weighted by Crippen LogP contribution is -1.99. The van der Waals surface area contributed by atoms with E-state index in [2.05, 4.69) is 38.2 Å². The van der Waals surface area contributed by atoms with E-state index in [0.29, 0.717) is 16.1 Å². The third-order valence-corrected chi connectivity index (χ3v) is 3.51. The normalized spacial score (nSPS) is 11.2. The third kappa shape index (κ3) is 3.51. The number of phenols is 1. The highest BCUT2D eigenvalue weighted by atomic mass is 79.9. The largest absolute Gasteiger partial charge is 0.504 e. The first-order valence-electron chi connectivity index (χ1n) is 6.34. The van der Waals surface area contributed by atoms with Gasteiger partial charge in [0.15, 0.2) is 17.3 Å². The molecule has 1 aromatic carbocycles. The van der Waals surface area contributed by atoms with Crippen LogP contribution in [-0.4, -0.2) is 33.3 Å². The van der Waals surface area contributed by atoms with Crippen LogP contribution < -0.4 is 4.74 Å². The molecule has 0 bridgehead atoms. The minimum atomic E-state index is 0.0245. The van der Waals surface area contributed by atoms with Crippen LogP contribution in [0.5, 0.6) is 11.5 Å². The van der Waals surface area contributed by atoms with Gasteiger partial charge >= 0.3 is 0 Å². The number of halogens is 1. The van der Waals surface area contributed by atoms with E-state index in [9.17, 15) is 5.11 Å². The van der Waals surface area contributed by atoms with Crippen LogP contribution in [0.1, 0.15) is 24.7 Å². The van der Waals surface area contributed by atoms with E-state index in [-0.39, 0.29) is 5.75 Å². The monoisotopic (exact) mass is 370 g/mol. The van der Waals surface area contributed by atoms with Crippen LogP contribution in [0.4, 0.5) is 0 Å². The molecule has 0 unspecified atom stereocenters. The van der Waals surface area contributed by atoms with Gasteiger partial charge in [-0.15, -0.1) is 0 Å². The number of hydrogen-bond donors (Lipinski definition) is 2. The van der Waals surface area contributed by atoms with Crippen molar-refractivity contribution in [2.45, 2.75) is 19.8 Å². The number of nitrogens with zero attached hydrogens (tertiary/aromatic N) is 3. The molecule has 6 nitrogen and oxygen atoms in total. The van der Waals surface area contributed by atoms with Gasteiger partial charge in [-0.1, -0.05) is 22.9 Å². The number of aryl methyl sites for hydroxylation is 1. The second kappa shape index (κ2) is 6.86. The van der Waals surface area contributed by atoms with Crippen molar-refractivity contribution in [2.24, 2.45) is 5.10 Å². The summed E-state index contributed by atoms with van der Waals surface area (Å²) in [5, 5.41) is 21.2. The highest BCUT2D eigenvalue weighted by Gasteiger charge is 2.09. The molecule has 1 heterocycles. The molecule has 0 saturated heterocycles. The van der Waals surface area contributed by atoms with Crippen molar-refractivity contribution in [3.63, 3.8) is 0 Å². The zero-order valence-corrected chi connectivity index (χ0v) is 14.0. The Morgan fingerprint density at radius 3 is 3.00 bits per heavy atom. The maximum Gasteiger partial charge on any atom is 0.216 e. The molecule has 8 heteroatoms. The fraction of sp³-hybridized carbons (Fsp3) is 0.308. The molecule has 0 aliphatic heterocycles. The quantitative estimate of drug-likeness (QED) is 0.625. The fourth-order valence-corrected chi connectivity index (χ4v) is 2.45. The molecule has 1 aromatic heterocycles. The lowest BCUT2D eigenvalue weighted by molar-refractivity contribution is 0.373. The van der Waals surface area contributed by atoms with Crippen molar-refractivity contribution in [3.8, 4) is 11.5 Å². The number of phenolic OH excluding ortho intramolecular Hbond substituents is 1. The fourth-order valence-electron chi connectivity index (χ4n) is 1.80. The van der Waals surface area contributed by atoms with Gasteiger partial charge in [0, 0.05) is 16.5 Å². The number of ether oxygens (including phenoxy) is 1. The molecular formula is C13H15BrN4O2S. The highest BCUT2D eigenvalue weighted by molar-refractivity contribution is 9.10. The summed E-state index contributed by atoms with van der Waals surface area (Å²) in [6, 6.07) is 3.42. The second-order valence-electron chi connectivity index (χ2n) is 4.30. The standard InChI is InChI=1S/C13H15BrN4O2S/c1-3-4-11-16-17-13(21)18(11)15-7-8-5-9(14)6-10(20-2)12(8)19/h5-7,19H,3-4H2,1-2H3,(H,17,21)/b15-7+. The minimum Gasteiger partial charge on any atom is -0.504 e. The number of rotatable bonds is 5. The van der Waals surface area contributed by atoms with E-state index < -0.39 is 0 Å². The number of methoxy groups -OCH3 is 1. The molecule has 0 atom stereocenters. The van der Waals surface area contributed by atoms with Crippen molar-refractivity contribution in [2.75, 3.05) is 7.11 Å². The van der Waals surface area contributed by atoms with Gasteiger partial charge < -0.3 is 9.84 Å². The summed E-state index contributed by atoms with van der Waals surface area (Å²) in [5.74, 6) is 1.15. The van der Waals surface area contributed by atoms with Crippen molar-refractivity contribution in [1.29, 1.82) is 0 Å². The topological polar surface area (TPSA) is 75.4 Å². The molecule has 2 rings (SSSR count). The first kappa shape index (κ1) is 15.7. The molecule has 0 aliphatic rings. The predicted molar refractivity (Wildman–Crippen MR) is 86.8 cm³/mol. The van der Waals surface area contributed by atoms with Crippen LogP contribution in [0.15, 0.2) is 21.7 Å². The van der Waals surface area contributed by atoms with Gasteiger partial charge in [0.2, 0.25) is 4.77 Å². The first-order chi connectivity index (χ1) is 10.1. The van der Waals surface area contributed by atoms with Crippen LogP contribution in [0.2, 0.25) is 0 Å². The van der Waals surface area contributed by atoms with E-state index in [4.69, 9.17) is 17.0 Å². The van der Waals surface area contributed by atoms with Crippen LogP contribution in [0.25, 0.3) is 0 Å². The zero-order valence-electron chi connectivity index (χ0n) is 11.6. The van der Waals surface area contributed by atoms with Crippen molar-refractivity contribution in [3.05, 3.63) is 32.8 Å². The maximum atomic E-state index is 10.1. The molecule has 2 N–H and O–H groups in total. The third-order valence-electron chi connectivity index (χ3n) is 2.79. The highest BCUT2D eigenvalue weighted by Crippen LogP contribution is 2.32. The number of H-pyrrole nitrogens is 1. The maximum absolute atomic E-state index is 10.1. The molecule has 21 heavy (non-hydrogen) atoms. The summed E-state index contributed by atoms with van der Waals surface area (Å²) in [5.41, 5.74) is 0.520. The Labute approximate surface area is 135 Å². The van der Waals surface area contributed by atoms with Gasteiger partial charge in [-0.25, -0.2) is 0 Å². The first-order valence-corrected chi connectivity index (χ1v) is 7.54.